The maximum Gasteiger partial charge on any atom is 0.343 e. The third-order valence-electron chi connectivity index (χ3n) is 2.63. The van der Waals surface area contributed by atoms with Crippen molar-refractivity contribution < 1.29 is 18.7 Å². The quantitative estimate of drug-likeness (QED) is 0.297. The van der Waals surface area contributed by atoms with Gasteiger partial charge in [0.1, 0.15) is 11.4 Å². The summed E-state index contributed by atoms with van der Waals surface area (Å²) in [4.78, 5) is 23.9. The highest BCUT2D eigenvalue weighted by atomic mass is 19.1. The Morgan fingerprint density at radius 3 is 2.16 bits per heavy atom. The first-order valence-electron chi connectivity index (χ1n) is 5.76. The van der Waals surface area contributed by atoms with Gasteiger partial charge in [0.15, 0.2) is 0 Å². The third kappa shape index (κ3) is 3.40. The highest BCUT2D eigenvalue weighted by molar-refractivity contribution is 6.24. The van der Waals surface area contributed by atoms with Crippen molar-refractivity contribution in [2.75, 3.05) is 7.11 Å². The summed E-state index contributed by atoms with van der Waals surface area (Å²) < 4.78 is 17.4. The van der Waals surface area contributed by atoms with Crippen LogP contribution >= 0.6 is 0 Å². The molecule has 0 aliphatic rings. The molecule has 1 aromatic carbocycles. The molecule has 5 heteroatoms. The van der Waals surface area contributed by atoms with E-state index in [1.54, 1.807) is 13.8 Å². The number of methoxy groups -OCH3 is 1. The summed E-state index contributed by atoms with van der Waals surface area (Å²) in [6, 6.07) is 4.89. The number of hydrogen-bond acceptors (Lipinski definition) is 4. The number of esters is 1. The van der Waals surface area contributed by atoms with Crippen LogP contribution in [0.15, 0.2) is 35.5 Å². The molecule has 0 radical (unpaired) electrons. The van der Waals surface area contributed by atoms with Gasteiger partial charge >= 0.3 is 5.97 Å². The SMILES string of the molecule is COC(=O)/C(C(=O)c1ccc(F)cc1)=C(\N)C(C)C. The number of nitrogens with two attached hydrogens (primary N) is 1. The summed E-state index contributed by atoms with van der Waals surface area (Å²) in [5, 5.41) is 0. The van der Waals surface area contributed by atoms with Crippen LogP contribution < -0.4 is 5.73 Å². The Labute approximate surface area is 111 Å². The largest absolute Gasteiger partial charge is 0.465 e. The van der Waals surface area contributed by atoms with E-state index in [9.17, 15) is 14.0 Å². The van der Waals surface area contributed by atoms with Crippen LogP contribution in [0.2, 0.25) is 0 Å². The summed E-state index contributed by atoms with van der Waals surface area (Å²) in [7, 11) is 1.17. The molecule has 0 heterocycles. The van der Waals surface area contributed by atoms with E-state index in [4.69, 9.17) is 5.73 Å². The molecule has 0 unspecified atom stereocenters. The molecule has 0 bridgehead atoms. The minimum Gasteiger partial charge on any atom is -0.465 e. The first-order chi connectivity index (χ1) is 8.88. The van der Waals surface area contributed by atoms with E-state index in [1.807, 2.05) is 0 Å². The smallest absolute Gasteiger partial charge is 0.343 e. The van der Waals surface area contributed by atoms with Gasteiger partial charge in [-0.25, -0.2) is 9.18 Å². The number of carbonyl (C=O) groups is 2. The average molecular weight is 265 g/mol. The van der Waals surface area contributed by atoms with E-state index in [0.717, 1.165) is 12.1 Å². The van der Waals surface area contributed by atoms with E-state index < -0.39 is 17.6 Å². The fraction of sp³-hybridized carbons (Fsp3) is 0.286. The molecule has 0 amide bonds. The molecule has 4 nitrogen and oxygen atoms in total. The molecule has 0 aromatic heterocycles. The standard InChI is InChI=1S/C14H16FNO3/c1-8(2)12(16)11(14(18)19-3)13(17)9-4-6-10(15)7-5-9/h4-8H,16H2,1-3H3/b12-11-. The van der Waals surface area contributed by atoms with Crippen molar-refractivity contribution in [3.8, 4) is 0 Å². The Bertz CT molecular complexity index is 518. The minimum atomic E-state index is -0.791. The summed E-state index contributed by atoms with van der Waals surface area (Å²) in [5.41, 5.74) is 5.92. The van der Waals surface area contributed by atoms with Gasteiger partial charge in [0.05, 0.1) is 7.11 Å². The van der Waals surface area contributed by atoms with Crippen molar-refractivity contribution in [2.45, 2.75) is 13.8 Å². The summed E-state index contributed by atoms with van der Waals surface area (Å²) >= 11 is 0. The number of benzene rings is 1. The van der Waals surface area contributed by atoms with Crippen LogP contribution in [0, 0.1) is 11.7 Å². The van der Waals surface area contributed by atoms with Gasteiger partial charge in [-0.1, -0.05) is 13.8 Å². The van der Waals surface area contributed by atoms with Crippen LogP contribution in [0.4, 0.5) is 4.39 Å². The normalized spacial score (nSPS) is 12.1. The minimum absolute atomic E-state index is 0.154. The zero-order valence-corrected chi connectivity index (χ0v) is 11.1. The number of Topliss-reactive ketones (excluding diaryl/α,β-unsaturated/α-hetero) is 1. The Morgan fingerprint density at radius 2 is 1.74 bits per heavy atom. The lowest BCUT2D eigenvalue weighted by Crippen LogP contribution is -2.23. The number of halogens is 1. The molecule has 0 atom stereocenters. The Kier molecular flexibility index (Phi) is 4.80. The van der Waals surface area contributed by atoms with Crippen molar-refractivity contribution in [1.29, 1.82) is 0 Å². The molecular weight excluding hydrogens is 249 g/mol. The molecule has 0 aliphatic heterocycles. The Hall–Kier alpha value is -2.17. The zero-order chi connectivity index (χ0) is 14.6. The van der Waals surface area contributed by atoms with Gasteiger partial charge in [0, 0.05) is 11.3 Å². The molecular formula is C14H16FNO3. The second-order valence-corrected chi connectivity index (χ2v) is 4.31. The Balaban J connectivity index is 3.27. The van der Waals surface area contributed by atoms with E-state index in [2.05, 4.69) is 4.74 Å². The number of carbonyl (C=O) groups excluding carboxylic acids is 2. The van der Waals surface area contributed by atoms with Gasteiger partial charge in [-0.3, -0.25) is 4.79 Å². The lowest BCUT2D eigenvalue weighted by molar-refractivity contribution is -0.135. The van der Waals surface area contributed by atoms with Gasteiger partial charge in [0.25, 0.3) is 0 Å². The average Bonchev–Trinajstić information content (AvgIpc) is 2.39. The van der Waals surface area contributed by atoms with Crippen LogP contribution in [-0.4, -0.2) is 18.9 Å². The third-order valence-corrected chi connectivity index (χ3v) is 2.63. The van der Waals surface area contributed by atoms with E-state index in [-0.39, 0.29) is 22.8 Å². The molecule has 0 aliphatic carbocycles. The number of ether oxygens (including phenoxy) is 1. The van der Waals surface area contributed by atoms with Crippen LogP contribution in [0.3, 0.4) is 0 Å². The lowest BCUT2D eigenvalue weighted by Gasteiger charge is -2.12. The van der Waals surface area contributed by atoms with Crippen LogP contribution in [0.1, 0.15) is 24.2 Å². The molecule has 0 saturated heterocycles. The van der Waals surface area contributed by atoms with Crippen LogP contribution in [0.5, 0.6) is 0 Å². The van der Waals surface area contributed by atoms with Crippen molar-refractivity contribution in [3.63, 3.8) is 0 Å². The fourth-order valence-corrected chi connectivity index (χ4v) is 1.48. The molecule has 0 saturated carbocycles. The first kappa shape index (κ1) is 14.9. The monoisotopic (exact) mass is 265 g/mol. The van der Waals surface area contributed by atoms with Gasteiger partial charge in [-0.15, -0.1) is 0 Å². The highest BCUT2D eigenvalue weighted by Crippen LogP contribution is 2.17. The van der Waals surface area contributed by atoms with Gasteiger partial charge in [0.2, 0.25) is 5.78 Å². The second kappa shape index (κ2) is 6.13. The van der Waals surface area contributed by atoms with E-state index >= 15 is 0 Å². The maximum absolute atomic E-state index is 12.8. The Morgan fingerprint density at radius 1 is 1.21 bits per heavy atom. The van der Waals surface area contributed by atoms with Gasteiger partial charge in [-0.2, -0.15) is 0 Å². The predicted octanol–water partition coefficient (Wildman–Crippen LogP) is 2.05. The second-order valence-electron chi connectivity index (χ2n) is 4.31. The first-order valence-corrected chi connectivity index (χ1v) is 5.76. The van der Waals surface area contributed by atoms with Crippen LogP contribution in [-0.2, 0) is 9.53 Å². The molecule has 102 valence electrons. The number of hydrogen-bond donors (Lipinski definition) is 1. The predicted molar refractivity (Wildman–Crippen MR) is 68.8 cm³/mol. The molecule has 0 fully saturated rings. The molecule has 2 N–H and O–H groups in total. The van der Waals surface area contributed by atoms with Crippen molar-refractivity contribution >= 4 is 11.8 Å². The van der Waals surface area contributed by atoms with Crippen molar-refractivity contribution in [1.82, 2.24) is 0 Å². The van der Waals surface area contributed by atoms with Crippen molar-refractivity contribution in [3.05, 3.63) is 46.9 Å². The molecule has 1 rings (SSSR count). The lowest BCUT2D eigenvalue weighted by atomic mass is 9.97. The fourth-order valence-electron chi connectivity index (χ4n) is 1.48. The zero-order valence-electron chi connectivity index (χ0n) is 11.1. The summed E-state index contributed by atoms with van der Waals surface area (Å²) in [5.74, 6) is -2.01. The van der Waals surface area contributed by atoms with Gasteiger partial charge in [-0.05, 0) is 30.2 Å². The number of rotatable bonds is 4. The van der Waals surface area contributed by atoms with E-state index in [1.165, 1.54) is 19.2 Å². The molecule has 1 aromatic rings. The van der Waals surface area contributed by atoms with E-state index in [0.29, 0.717) is 0 Å². The van der Waals surface area contributed by atoms with Crippen molar-refractivity contribution in [2.24, 2.45) is 11.7 Å². The van der Waals surface area contributed by atoms with Gasteiger partial charge < -0.3 is 10.5 Å². The number of ketones is 1. The highest BCUT2D eigenvalue weighted by Gasteiger charge is 2.25. The molecule has 19 heavy (non-hydrogen) atoms. The summed E-state index contributed by atoms with van der Waals surface area (Å²) in [6.07, 6.45) is 0. The number of allylic oxidation sites excluding steroid dienone is 1. The molecule has 0 spiro atoms. The van der Waals surface area contributed by atoms with Crippen LogP contribution in [0.25, 0.3) is 0 Å². The topological polar surface area (TPSA) is 69.4 Å². The summed E-state index contributed by atoms with van der Waals surface area (Å²) in [6.45, 7) is 3.52. The maximum atomic E-state index is 12.8.